The van der Waals surface area contributed by atoms with Crippen molar-refractivity contribution in [3.05, 3.63) is 35.9 Å². The minimum Gasteiger partial charge on any atom is -0.469 e. The Bertz CT molecular complexity index is 468. The number of hydrogen-bond donors (Lipinski definition) is 1. The van der Waals surface area contributed by atoms with Gasteiger partial charge in [-0.3, -0.25) is 4.79 Å². The lowest BCUT2D eigenvalue weighted by atomic mass is 10.0. The van der Waals surface area contributed by atoms with Gasteiger partial charge in [0.1, 0.15) is 0 Å². The van der Waals surface area contributed by atoms with Crippen molar-refractivity contribution >= 4 is 17.0 Å². The predicted octanol–water partition coefficient (Wildman–Crippen LogP) is 2.60. The summed E-state index contributed by atoms with van der Waals surface area (Å²) >= 11 is 0. The highest BCUT2D eigenvalue weighted by molar-refractivity contribution is 7.84. The van der Waals surface area contributed by atoms with Gasteiger partial charge in [0.05, 0.1) is 22.8 Å². The van der Waals surface area contributed by atoms with Gasteiger partial charge in [0, 0.05) is 12.5 Å². The molecule has 0 radical (unpaired) electrons. The van der Waals surface area contributed by atoms with Crippen LogP contribution in [0.3, 0.4) is 0 Å². The summed E-state index contributed by atoms with van der Waals surface area (Å²) in [5.41, 5.74) is 1.16. The van der Waals surface area contributed by atoms with Gasteiger partial charge in [-0.15, -0.1) is 0 Å². The summed E-state index contributed by atoms with van der Waals surface area (Å²) in [6.07, 6.45) is 1.66. The fourth-order valence-electron chi connectivity index (χ4n) is 1.82. The molecule has 5 heteroatoms. The zero-order valence-corrected chi connectivity index (χ0v) is 14.0. The maximum atomic E-state index is 12.3. The average molecular weight is 311 g/mol. The Balaban J connectivity index is 2.70. The van der Waals surface area contributed by atoms with E-state index >= 15 is 0 Å². The molecule has 0 heterocycles. The summed E-state index contributed by atoms with van der Waals surface area (Å²) in [6, 6.07) is 9.97. The summed E-state index contributed by atoms with van der Waals surface area (Å²) in [7, 11) is 0.224. The van der Waals surface area contributed by atoms with Crippen molar-refractivity contribution in [1.82, 2.24) is 4.72 Å². The van der Waals surface area contributed by atoms with Crippen LogP contribution < -0.4 is 4.72 Å². The molecule has 1 aromatic rings. The van der Waals surface area contributed by atoms with Crippen molar-refractivity contribution in [2.24, 2.45) is 0 Å². The van der Waals surface area contributed by atoms with Crippen LogP contribution in [-0.4, -0.2) is 28.1 Å². The molecule has 2 atom stereocenters. The van der Waals surface area contributed by atoms with Gasteiger partial charge in [-0.05, 0) is 39.2 Å². The second-order valence-corrected chi connectivity index (χ2v) is 8.00. The molecule has 21 heavy (non-hydrogen) atoms. The Labute approximate surface area is 129 Å². The molecule has 0 fully saturated rings. The van der Waals surface area contributed by atoms with Crippen LogP contribution in [0.4, 0.5) is 0 Å². The molecule has 0 aromatic heterocycles. The second-order valence-electron chi connectivity index (χ2n) is 6.00. The van der Waals surface area contributed by atoms with Crippen molar-refractivity contribution < 1.29 is 13.7 Å². The molecular weight excluding hydrogens is 286 g/mol. The van der Waals surface area contributed by atoms with Gasteiger partial charge in [-0.2, -0.15) is 0 Å². The quantitative estimate of drug-likeness (QED) is 0.788. The second kappa shape index (κ2) is 8.29. The number of esters is 1. The van der Waals surface area contributed by atoms with Crippen molar-refractivity contribution in [2.75, 3.05) is 7.11 Å². The zero-order valence-electron chi connectivity index (χ0n) is 13.2. The molecule has 1 N–H and O–H groups in total. The first-order chi connectivity index (χ1) is 9.82. The Hall–Kier alpha value is -1.20. The van der Waals surface area contributed by atoms with E-state index in [9.17, 15) is 9.00 Å². The molecular formula is C16H25NO3S. The van der Waals surface area contributed by atoms with Gasteiger partial charge in [-0.25, -0.2) is 8.93 Å². The molecule has 0 bridgehead atoms. The van der Waals surface area contributed by atoms with Crippen molar-refractivity contribution in [2.45, 2.75) is 50.8 Å². The lowest BCUT2D eigenvalue weighted by Crippen LogP contribution is -2.41. The summed E-state index contributed by atoms with van der Waals surface area (Å²) in [4.78, 5) is 11.3. The summed E-state index contributed by atoms with van der Waals surface area (Å²) in [6.45, 7) is 5.78. The van der Waals surface area contributed by atoms with Crippen LogP contribution in [0.1, 0.15) is 39.2 Å². The smallest absolute Gasteiger partial charge is 0.305 e. The zero-order chi connectivity index (χ0) is 15.9. The number of methoxy groups -OCH3 is 1. The fourth-order valence-corrected chi connectivity index (χ4v) is 2.68. The van der Waals surface area contributed by atoms with Crippen LogP contribution in [-0.2, 0) is 26.9 Å². The molecule has 0 spiro atoms. The van der Waals surface area contributed by atoms with Crippen LogP contribution in [0.25, 0.3) is 0 Å². The first-order valence-corrected chi connectivity index (χ1v) is 8.26. The van der Waals surface area contributed by atoms with Crippen LogP contribution in [0.2, 0.25) is 0 Å². The van der Waals surface area contributed by atoms with Gasteiger partial charge in [0.25, 0.3) is 0 Å². The van der Waals surface area contributed by atoms with Crippen LogP contribution >= 0.6 is 0 Å². The van der Waals surface area contributed by atoms with Crippen LogP contribution in [0.15, 0.2) is 30.3 Å². The van der Waals surface area contributed by atoms with Crippen molar-refractivity contribution in [1.29, 1.82) is 0 Å². The number of carbonyl (C=O) groups is 1. The first kappa shape index (κ1) is 17.9. The van der Waals surface area contributed by atoms with Gasteiger partial charge in [0.2, 0.25) is 0 Å². The highest BCUT2D eigenvalue weighted by Crippen LogP contribution is 2.14. The number of carbonyl (C=O) groups excluding carboxylic acids is 1. The topological polar surface area (TPSA) is 55.4 Å². The van der Waals surface area contributed by atoms with E-state index in [4.69, 9.17) is 0 Å². The molecule has 4 nitrogen and oxygen atoms in total. The lowest BCUT2D eigenvalue weighted by molar-refractivity contribution is -0.140. The molecule has 1 unspecified atom stereocenters. The Kier molecular flexibility index (Phi) is 7.05. The van der Waals surface area contributed by atoms with Gasteiger partial charge < -0.3 is 4.74 Å². The van der Waals surface area contributed by atoms with E-state index in [1.54, 1.807) is 0 Å². The van der Waals surface area contributed by atoms with E-state index in [1.807, 2.05) is 51.1 Å². The van der Waals surface area contributed by atoms with Crippen molar-refractivity contribution in [3.63, 3.8) is 0 Å². The van der Waals surface area contributed by atoms with Gasteiger partial charge in [0.15, 0.2) is 0 Å². The minimum absolute atomic E-state index is 0.0217. The summed E-state index contributed by atoms with van der Waals surface area (Å²) < 4.78 is 19.8. The number of benzene rings is 1. The van der Waals surface area contributed by atoms with E-state index in [0.29, 0.717) is 12.8 Å². The molecule has 0 saturated carbocycles. The third-order valence-corrected chi connectivity index (χ3v) is 4.74. The molecule has 1 aromatic carbocycles. The minimum atomic E-state index is -1.16. The van der Waals surface area contributed by atoms with Gasteiger partial charge >= 0.3 is 5.97 Å². The Morgan fingerprint density at radius 1 is 1.29 bits per heavy atom. The molecule has 118 valence electrons. The maximum Gasteiger partial charge on any atom is 0.305 e. The van der Waals surface area contributed by atoms with E-state index in [-0.39, 0.29) is 16.8 Å². The standard InChI is InChI=1S/C16H25NO3S/c1-16(2,3)21(19)17-14(10-11-15(18)20-4)12-13-8-6-5-7-9-13/h5-9,14,17H,10-12H2,1-4H3/t14-,21?/m1/s1. The fraction of sp³-hybridized carbons (Fsp3) is 0.562. The van der Waals surface area contributed by atoms with Crippen LogP contribution in [0.5, 0.6) is 0 Å². The van der Waals surface area contributed by atoms with E-state index < -0.39 is 11.0 Å². The Morgan fingerprint density at radius 2 is 1.90 bits per heavy atom. The average Bonchev–Trinajstić information content (AvgIpc) is 2.44. The molecule has 0 saturated heterocycles. The SMILES string of the molecule is COC(=O)CC[C@H](Cc1ccccc1)NS(=O)C(C)(C)C. The summed E-state index contributed by atoms with van der Waals surface area (Å²) in [5.74, 6) is -0.239. The highest BCUT2D eigenvalue weighted by atomic mass is 32.2. The number of nitrogens with one attached hydrogen (secondary N) is 1. The normalized spacial score (nSPS) is 14.5. The number of rotatable bonds is 7. The third-order valence-electron chi connectivity index (χ3n) is 3.08. The molecule has 1 rings (SSSR count). The maximum absolute atomic E-state index is 12.3. The molecule has 0 amide bonds. The Morgan fingerprint density at radius 3 is 2.43 bits per heavy atom. The number of hydrogen-bond acceptors (Lipinski definition) is 3. The largest absolute Gasteiger partial charge is 0.469 e. The van der Waals surface area contributed by atoms with E-state index in [1.165, 1.54) is 7.11 Å². The molecule has 0 aliphatic rings. The van der Waals surface area contributed by atoms with Crippen molar-refractivity contribution in [3.8, 4) is 0 Å². The highest BCUT2D eigenvalue weighted by Gasteiger charge is 2.23. The third kappa shape index (κ3) is 6.87. The van der Waals surface area contributed by atoms with Gasteiger partial charge in [-0.1, -0.05) is 30.3 Å². The van der Waals surface area contributed by atoms with E-state index in [0.717, 1.165) is 12.0 Å². The van der Waals surface area contributed by atoms with E-state index in [2.05, 4.69) is 9.46 Å². The molecule has 0 aliphatic carbocycles. The molecule has 0 aliphatic heterocycles. The predicted molar refractivity (Wildman–Crippen MR) is 86.2 cm³/mol. The lowest BCUT2D eigenvalue weighted by Gasteiger charge is -2.24. The van der Waals surface area contributed by atoms with Crippen LogP contribution in [0, 0.1) is 0 Å². The first-order valence-electron chi connectivity index (χ1n) is 7.11. The monoisotopic (exact) mass is 311 g/mol. The number of ether oxygens (including phenoxy) is 1. The summed E-state index contributed by atoms with van der Waals surface area (Å²) in [5, 5.41) is 0.